The summed E-state index contributed by atoms with van der Waals surface area (Å²) in [6.45, 7) is -0.192. The van der Waals surface area contributed by atoms with Crippen molar-refractivity contribution in [2.24, 2.45) is 14.1 Å². The van der Waals surface area contributed by atoms with Gasteiger partial charge in [0.05, 0.1) is 17.6 Å². The number of aromatic nitrogens is 4. The Morgan fingerprint density at radius 2 is 1.81 bits per heavy atom. The summed E-state index contributed by atoms with van der Waals surface area (Å²) in [5.74, 6) is -0.643. The van der Waals surface area contributed by atoms with E-state index in [2.05, 4.69) is 15.6 Å². The summed E-state index contributed by atoms with van der Waals surface area (Å²) in [5, 5.41) is 5.78. The Morgan fingerprint density at radius 1 is 1.10 bits per heavy atom. The molecule has 0 unspecified atom stereocenters. The molecule has 1 aliphatic rings. The minimum atomic E-state index is -0.528. The molecule has 2 aromatic heterocycles. The first-order valence-corrected chi connectivity index (χ1v) is 10.2. The molecule has 0 aliphatic heterocycles. The number of carbonyl (C=O) groups excluding carboxylic acids is 2. The second kappa shape index (κ2) is 8.21. The van der Waals surface area contributed by atoms with E-state index in [0.717, 1.165) is 30.3 Å². The highest BCUT2D eigenvalue weighted by Crippen LogP contribution is 2.20. The van der Waals surface area contributed by atoms with Crippen molar-refractivity contribution in [2.75, 3.05) is 5.32 Å². The minimum Gasteiger partial charge on any atom is -0.349 e. The van der Waals surface area contributed by atoms with Crippen LogP contribution in [-0.4, -0.2) is 36.5 Å². The van der Waals surface area contributed by atoms with Gasteiger partial charge >= 0.3 is 5.69 Å². The van der Waals surface area contributed by atoms with Crippen LogP contribution in [-0.2, 0) is 25.4 Å². The summed E-state index contributed by atoms with van der Waals surface area (Å²) in [5.41, 5.74) is 0.127. The lowest BCUT2D eigenvalue weighted by Crippen LogP contribution is -2.38. The topological polar surface area (TPSA) is 120 Å². The number of nitrogens with zero attached hydrogens (tertiary/aromatic N) is 4. The highest BCUT2D eigenvalue weighted by Gasteiger charge is 2.21. The van der Waals surface area contributed by atoms with Gasteiger partial charge in [0.25, 0.3) is 11.5 Å². The first-order chi connectivity index (χ1) is 14.9. The van der Waals surface area contributed by atoms with E-state index in [4.69, 9.17) is 0 Å². The fourth-order valence-electron chi connectivity index (χ4n) is 3.98. The number of hydrogen-bond donors (Lipinski definition) is 2. The standard InChI is InChI=1S/C21H24N6O4/c1-25-18-17(20(30)26(2)21(25)31)27(12-22-18)11-16(28)24-15-10-6-5-9-14(15)19(29)23-13-7-3-4-8-13/h5-6,9-10,12-13H,3-4,7-8,11H2,1-2H3,(H,23,29)(H,24,28). The Hall–Kier alpha value is -3.69. The maximum absolute atomic E-state index is 12.7. The van der Waals surface area contributed by atoms with Gasteiger partial charge in [-0.15, -0.1) is 0 Å². The number of imidazole rings is 1. The molecule has 4 rings (SSSR count). The molecule has 1 aromatic carbocycles. The SMILES string of the molecule is Cn1c(=O)c2c(ncn2CC(=O)Nc2ccccc2C(=O)NC2CCCC2)n(C)c1=O. The fourth-order valence-corrected chi connectivity index (χ4v) is 3.98. The second-order valence-corrected chi connectivity index (χ2v) is 7.80. The van der Waals surface area contributed by atoms with Crippen LogP contribution in [0.15, 0.2) is 40.2 Å². The molecule has 0 saturated heterocycles. The Kier molecular flexibility index (Phi) is 5.45. The molecule has 10 nitrogen and oxygen atoms in total. The minimum absolute atomic E-state index is 0.159. The number of hydrogen-bond acceptors (Lipinski definition) is 5. The molecule has 0 bridgehead atoms. The van der Waals surface area contributed by atoms with Crippen molar-refractivity contribution >= 4 is 28.7 Å². The first-order valence-electron chi connectivity index (χ1n) is 10.2. The highest BCUT2D eigenvalue weighted by molar-refractivity contribution is 6.04. The fraction of sp³-hybridized carbons (Fsp3) is 0.381. The summed E-state index contributed by atoms with van der Waals surface area (Å²) in [6.07, 6.45) is 5.49. The van der Waals surface area contributed by atoms with Crippen LogP contribution in [0, 0.1) is 0 Å². The molecule has 0 atom stereocenters. The lowest BCUT2D eigenvalue weighted by atomic mass is 10.1. The molecule has 0 spiro atoms. The number of anilines is 1. The van der Waals surface area contributed by atoms with Gasteiger partial charge in [-0.25, -0.2) is 9.78 Å². The average molecular weight is 424 g/mol. The largest absolute Gasteiger partial charge is 0.349 e. The van der Waals surface area contributed by atoms with Crippen LogP contribution in [0.25, 0.3) is 11.2 Å². The number of rotatable bonds is 5. The molecule has 1 fully saturated rings. The third-order valence-electron chi connectivity index (χ3n) is 5.67. The van der Waals surface area contributed by atoms with Gasteiger partial charge in [-0.2, -0.15) is 0 Å². The maximum atomic E-state index is 12.7. The molecule has 1 aliphatic carbocycles. The molecular formula is C21H24N6O4. The summed E-state index contributed by atoms with van der Waals surface area (Å²) in [4.78, 5) is 54.1. The van der Waals surface area contributed by atoms with E-state index in [1.165, 1.54) is 29.6 Å². The number of carbonyl (C=O) groups is 2. The third kappa shape index (κ3) is 3.88. The van der Waals surface area contributed by atoms with Gasteiger partial charge in [-0.3, -0.25) is 23.5 Å². The number of amides is 2. The van der Waals surface area contributed by atoms with Crippen molar-refractivity contribution in [3.63, 3.8) is 0 Å². The first kappa shape index (κ1) is 20.6. The second-order valence-electron chi connectivity index (χ2n) is 7.80. The molecular weight excluding hydrogens is 400 g/mol. The smallest absolute Gasteiger partial charge is 0.332 e. The van der Waals surface area contributed by atoms with Crippen LogP contribution < -0.4 is 21.9 Å². The Balaban J connectivity index is 1.56. The summed E-state index contributed by atoms with van der Waals surface area (Å²) >= 11 is 0. The quantitative estimate of drug-likeness (QED) is 0.626. The van der Waals surface area contributed by atoms with Crippen LogP contribution in [0.2, 0.25) is 0 Å². The number of fused-ring (bicyclic) bond motifs is 1. The lowest BCUT2D eigenvalue weighted by Gasteiger charge is -2.15. The van der Waals surface area contributed by atoms with Crippen molar-refractivity contribution in [2.45, 2.75) is 38.3 Å². The van der Waals surface area contributed by atoms with Gasteiger partial charge in [-0.1, -0.05) is 25.0 Å². The maximum Gasteiger partial charge on any atom is 0.332 e. The predicted molar refractivity (Wildman–Crippen MR) is 115 cm³/mol. The monoisotopic (exact) mass is 424 g/mol. The molecule has 31 heavy (non-hydrogen) atoms. The Bertz CT molecular complexity index is 1280. The van der Waals surface area contributed by atoms with E-state index < -0.39 is 17.2 Å². The zero-order chi connectivity index (χ0) is 22.1. The number of aryl methyl sites for hydroxylation is 1. The zero-order valence-electron chi connectivity index (χ0n) is 17.4. The molecule has 2 N–H and O–H groups in total. The molecule has 2 amide bonds. The molecule has 162 valence electrons. The van der Waals surface area contributed by atoms with Crippen LogP contribution in [0.4, 0.5) is 5.69 Å². The van der Waals surface area contributed by atoms with Crippen molar-refractivity contribution in [1.29, 1.82) is 0 Å². The summed E-state index contributed by atoms with van der Waals surface area (Å²) in [6, 6.07) is 6.97. The van der Waals surface area contributed by atoms with Crippen molar-refractivity contribution < 1.29 is 9.59 Å². The van der Waals surface area contributed by atoms with Crippen molar-refractivity contribution in [3.8, 4) is 0 Å². The average Bonchev–Trinajstić information content (AvgIpc) is 3.41. The van der Waals surface area contributed by atoms with E-state index in [-0.39, 0.29) is 29.7 Å². The molecule has 3 aromatic rings. The summed E-state index contributed by atoms with van der Waals surface area (Å²) < 4.78 is 3.63. The van der Waals surface area contributed by atoms with Crippen molar-refractivity contribution in [3.05, 3.63) is 57.0 Å². The van der Waals surface area contributed by atoms with E-state index >= 15 is 0 Å². The Labute approximate surface area is 177 Å². The van der Waals surface area contributed by atoms with Gasteiger partial charge in [0, 0.05) is 20.1 Å². The molecule has 1 saturated carbocycles. The van der Waals surface area contributed by atoms with Gasteiger partial charge in [0.1, 0.15) is 6.54 Å². The van der Waals surface area contributed by atoms with E-state index in [9.17, 15) is 19.2 Å². The van der Waals surface area contributed by atoms with Crippen LogP contribution >= 0.6 is 0 Å². The number of benzene rings is 1. The summed E-state index contributed by atoms with van der Waals surface area (Å²) in [7, 11) is 2.89. The predicted octanol–water partition coefficient (Wildman–Crippen LogP) is 0.745. The van der Waals surface area contributed by atoms with Crippen molar-refractivity contribution in [1.82, 2.24) is 24.0 Å². The van der Waals surface area contributed by atoms with E-state index in [1.807, 2.05) is 0 Å². The van der Waals surface area contributed by atoms with Crippen LogP contribution in [0.3, 0.4) is 0 Å². The number of nitrogens with one attached hydrogen (secondary N) is 2. The molecule has 2 heterocycles. The highest BCUT2D eigenvalue weighted by atomic mass is 16.2. The normalized spacial score (nSPS) is 14.1. The molecule has 0 radical (unpaired) electrons. The lowest BCUT2D eigenvalue weighted by molar-refractivity contribution is -0.116. The van der Waals surface area contributed by atoms with Crippen LogP contribution in [0.5, 0.6) is 0 Å². The molecule has 10 heteroatoms. The van der Waals surface area contributed by atoms with Gasteiger partial charge in [-0.05, 0) is 25.0 Å². The van der Waals surface area contributed by atoms with E-state index in [0.29, 0.717) is 11.3 Å². The van der Waals surface area contributed by atoms with Gasteiger partial charge in [0.15, 0.2) is 11.2 Å². The van der Waals surface area contributed by atoms with E-state index in [1.54, 1.807) is 24.3 Å². The third-order valence-corrected chi connectivity index (χ3v) is 5.67. The zero-order valence-corrected chi connectivity index (χ0v) is 17.4. The van der Waals surface area contributed by atoms with Gasteiger partial charge < -0.3 is 15.2 Å². The number of para-hydroxylation sites is 1. The van der Waals surface area contributed by atoms with Gasteiger partial charge in [0.2, 0.25) is 5.91 Å². The van der Waals surface area contributed by atoms with Crippen LogP contribution in [0.1, 0.15) is 36.0 Å². The Morgan fingerprint density at radius 3 is 2.55 bits per heavy atom.